The molecule has 136 valence electrons. The molecule has 2 aromatic carbocycles. The van der Waals surface area contributed by atoms with Gasteiger partial charge < -0.3 is 9.73 Å². The van der Waals surface area contributed by atoms with E-state index in [1.54, 1.807) is 6.20 Å². The average molecular weight is 359 g/mol. The van der Waals surface area contributed by atoms with E-state index in [0.717, 1.165) is 39.8 Å². The third-order valence-electron chi connectivity index (χ3n) is 4.90. The minimum atomic E-state index is -0.236. The van der Waals surface area contributed by atoms with Gasteiger partial charge in [0.15, 0.2) is 5.76 Å². The molecule has 0 unspecified atom stereocenters. The lowest BCUT2D eigenvalue weighted by atomic mass is 10.0. The van der Waals surface area contributed by atoms with Crippen LogP contribution in [0.4, 0.5) is 5.69 Å². The number of rotatable bonds is 4. The minimum absolute atomic E-state index is 0.236. The van der Waals surface area contributed by atoms with Crippen molar-refractivity contribution in [3.63, 3.8) is 0 Å². The molecule has 27 heavy (non-hydrogen) atoms. The van der Waals surface area contributed by atoms with E-state index in [1.807, 2.05) is 50.2 Å². The molecule has 1 amide bonds. The number of fused-ring (bicyclic) bond motifs is 1. The zero-order valence-corrected chi connectivity index (χ0v) is 15.6. The Morgan fingerprint density at radius 2 is 1.96 bits per heavy atom. The largest absolute Gasteiger partial charge is 0.451 e. The molecule has 0 fully saturated rings. The van der Waals surface area contributed by atoms with Crippen molar-refractivity contribution in [1.82, 2.24) is 10.2 Å². The maximum atomic E-state index is 12.9. The van der Waals surface area contributed by atoms with Crippen LogP contribution in [0.15, 0.2) is 53.1 Å². The zero-order chi connectivity index (χ0) is 19.0. The molecule has 4 aromatic rings. The van der Waals surface area contributed by atoms with E-state index in [2.05, 4.69) is 28.5 Å². The number of carbonyl (C=O) groups excluding carboxylic acids is 1. The molecule has 0 spiro atoms. The van der Waals surface area contributed by atoms with Crippen molar-refractivity contribution in [2.24, 2.45) is 0 Å². The second-order valence-electron chi connectivity index (χ2n) is 6.70. The zero-order valence-electron chi connectivity index (χ0n) is 15.6. The molecule has 0 radical (unpaired) electrons. The maximum Gasteiger partial charge on any atom is 0.291 e. The quantitative estimate of drug-likeness (QED) is 0.522. The predicted octanol–water partition coefficient (Wildman–Crippen LogP) is 5.25. The van der Waals surface area contributed by atoms with Crippen molar-refractivity contribution in [1.29, 1.82) is 0 Å². The Balaban J connectivity index is 1.68. The molecule has 0 aliphatic heterocycles. The molecular weight excluding hydrogens is 338 g/mol. The Kier molecular flexibility index (Phi) is 4.28. The first-order valence-corrected chi connectivity index (χ1v) is 9.00. The SMILES string of the molecule is CCc1c(C(=O)Nc2cccc(-c3ccn[nH]3)c2)oc2cc(C)c(C)cc12. The summed E-state index contributed by atoms with van der Waals surface area (Å²) in [7, 11) is 0. The van der Waals surface area contributed by atoms with Crippen LogP contribution in [-0.4, -0.2) is 16.1 Å². The molecule has 0 saturated heterocycles. The number of H-pyrrole nitrogens is 1. The summed E-state index contributed by atoms with van der Waals surface area (Å²) in [6.45, 7) is 6.15. The maximum absolute atomic E-state index is 12.9. The number of carbonyl (C=O) groups is 1. The van der Waals surface area contributed by atoms with Crippen molar-refractivity contribution in [2.45, 2.75) is 27.2 Å². The fourth-order valence-corrected chi connectivity index (χ4v) is 3.31. The molecule has 2 heterocycles. The normalized spacial score (nSPS) is 11.1. The molecule has 5 heteroatoms. The lowest BCUT2D eigenvalue weighted by Crippen LogP contribution is -2.12. The summed E-state index contributed by atoms with van der Waals surface area (Å²) in [5.41, 5.74) is 6.60. The summed E-state index contributed by atoms with van der Waals surface area (Å²) >= 11 is 0. The Hall–Kier alpha value is -3.34. The molecular formula is C22H21N3O2. The third-order valence-corrected chi connectivity index (χ3v) is 4.90. The van der Waals surface area contributed by atoms with Crippen LogP contribution in [0.3, 0.4) is 0 Å². The smallest absolute Gasteiger partial charge is 0.291 e. The van der Waals surface area contributed by atoms with E-state index in [-0.39, 0.29) is 5.91 Å². The summed E-state index contributed by atoms with van der Waals surface area (Å²) in [5, 5.41) is 10.9. The summed E-state index contributed by atoms with van der Waals surface area (Å²) < 4.78 is 5.93. The molecule has 4 rings (SSSR count). The minimum Gasteiger partial charge on any atom is -0.451 e. The number of amides is 1. The number of nitrogens with zero attached hydrogens (tertiary/aromatic N) is 1. The number of aromatic nitrogens is 2. The van der Waals surface area contributed by atoms with Crippen molar-refractivity contribution >= 4 is 22.6 Å². The van der Waals surface area contributed by atoms with Crippen LogP contribution in [0.1, 0.15) is 34.2 Å². The molecule has 0 atom stereocenters. The predicted molar refractivity (Wildman–Crippen MR) is 107 cm³/mol. The van der Waals surface area contributed by atoms with E-state index < -0.39 is 0 Å². The summed E-state index contributed by atoms with van der Waals surface area (Å²) in [6.07, 6.45) is 2.43. The molecule has 0 bridgehead atoms. The number of benzene rings is 2. The van der Waals surface area contributed by atoms with Gasteiger partial charge in [-0.15, -0.1) is 0 Å². The van der Waals surface area contributed by atoms with Gasteiger partial charge in [0.25, 0.3) is 5.91 Å². The van der Waals surface area contributed by atoms with Gasteiger partial charge in [-0.2, -0.15) is 5.10 Å². The molecule has 2 aromatic heterocycles. The Labute approximate surface area is 157 Å². The van der Waals surface area contributed by atoms with Crippen LogP contribution in [0, 0.1) is 13.8 Å². The van der Waals surface area contributed by atoms with Gasteiger partial charge in [0.1, 0.15) is 5.58 Å². The van der Waals surface area contributed by atoms with Gasteiger partial charge in [0, 0.05) is 28.4 Å². The van der Waals surface area contributed by atoms with Gasteiger partial charge in [0.2, 0.25) is 0 Å². The molecule has 5 nitrogen and oxygen atoms in total. The molecule has 0 saturated carbocycles. The van der Waals surface area contributed by atoms with E-state index in [0.29, 0.717) is 11.4 Å². The van der Waals surface area contributed by atoms with E-state index >= 15 is 0 Å². The monoisotopic (exact) mass is 359 g/mol. The summed E-state index contributed by atoms with van der Waals surface area (Å²) in [4.78, 5) is 12.9. The van der Waals surface area contributed by atoms with Crippen molar-refractivity contribution in [2.75, 3.05) is 5.32 Å². The van der Waals surface area contributed by atoms with E-state index in [1.165, 1.54) is 5.56 Å². The van der Waals surface area contributed by atoms with Crippen LogP contribution in [0.2, 0.25) is 0 Å². The highest BCUT2D eigenvalue weighted by molar-refractivity contribution is 6.06. The van der Waals surface area contributed by atoms with Gasteiger partial charge in [-0.25, -0.2) is 0 Å². The Bertz CT molecular complexity index is 1120. The Morgan fingerprint density at radius 3 is 2.70 bits per heavy atom. The average Bonchev–Trinajstić information content (AvgIpc) is 3.30. The van der Waals surface area contributed by atoms with Gasteiger partial charge in [0.05, 0.1) is 5.69 Å². The Morgan fingerprint density at radius 1 is 1.15 bits per heavy atom. The van der Waals surface area contributed by atoms with Gasteiger partial charge in [-0.05, 0) is 61.7 Å². The van der Waals surface area contributed by atoms with Crippen molar-refractivity contribution < 1.29 is 9.21 Å². The first-order chi connectivity index (χ1) is 13.1. The fraction of sp³-hybridized carbons (Fsp3) is 0.182. The topological polar surface area (TPSA) is 70.9 Å². The lowest BCUT2D eigenvalue weighted by Gasteiger charge is -2.06. The number of hydrogen-bond donors (Lipinski definition) is 2. The highest BCUT2D eigenvalue weighted by atomic mass is 16.3. The number of furan rings is 1. The summed E-state index contributed by atoms with van der Waals surface area (Å²) in [5.74, 6) is 0.143. The number of anilines is 1. The van der Waals surface area contributed by atoms with Crippen LogP contribution < -0.4 is 5.32 Å². The first kappa shape index (κ1) is 17.1. The molecule has 0 aliphatic carbocycles. The van der Waals surface area contributed by atoms with E-state index in [9.17, 15) is 4.79 Å². The standard InChI is InChI=1S/C22H21N3O2/c1-4-17-18-10-13(2)14(3)11-20(18)27-21(17)22(26)24-16-7-5-6-15(12-16)19-8-9-23-25-19/h5-12H,4H2,1-3H3,(H,23,25)(H,24,26). The first-order valence-electron chi connectivity index (χ1n) is 9.00. The van der Waals surface area contributed by atoms with Gasteiger partial charge >= 0.3 is 0 Å². The van der Waals surface area contributed by atoms with Crippen LogP contribution in [-0.2, 0) is 6.42 Å². The van der Waals surface area contributed by atoms with Crippen LogP contribution in [0.5, 0.6) is 0 Å². The van der Waals surface area contributed by atoms with Crippen LogP contribution in [0.25, 0.3) is 22.2 Å². The number of aryl methyl sites for hydroxylation is 3. The number of aromatic amines is 1. The second kappa shape index (κ2) is 6.76. The number of nitrogens with one attached hydrogen (secondary N) is 2. The lowest BCUT2D eigenvalue weighted by molar-refractivity contribution is 0.0997. The van der Waals surface area contributed by atoms with Crippen molar-refractivity contribution in [3.8, 4) is 11.3 Å². The van der Waals surface area contributed by atoms with Crippen molar-refractivity contribution in [3.05, 3.63) is 71.1 Å². The molecule has 0 aliphatic rings. The summed E-state index contributed by atoms with van der Waals surface area (Å²) in [6, 6.07) is 13.6. The van der Waals surface area contributed by atoms with Gasteiger partial charge in [-0.3, -0.25) is 9.89 Å². The fourth-order valence-electron chi connectivity index (χ4n) is 3.31. The number of hydrogen-bond acceptors (Lipinski definition) is 3. The van der Waals surface area contributed by atoms with Crippen LogP contribution >= 0.6 is 0 Å². The second-order valence-corrected chi connectivity index (χ2v) is 6.70. The van der Waals surface area contributed by atoms with Gasteiger partial charge in [-0.1, -0.05) is 19.1 Å². The highest BCUT2D eigenvalue weighted by Crippen LogP contribution is 2.30. The third kappa shape index (κ3) is 3.12. The van der Waals surface area contributed by atoms with E-state index in [4.69, 9.17) is 4.42 Å². The molecule has 2 N–H and O–H groups in total. The highest BCUT2D eigenvalue weighted by Gasteiger charge is 2.20.